The van der Waals surface area contributed by atoms with Crippen molar-refractivity contribution in [3.05, 3.63) is 34.6 Å². The Morgan fingerprint density at radius 1 is 1.16 bits per heavy atom. The summed E-state index contributed by atoms with van der Waals surface area (Å²) in [5, 5.41) is 8.79. The first-order valence-electron chi connectivity index (χ1n) is 9.52. The van der Waals surface area contributed by atoms with Crippen LogP contribution in [0.2, 0.25) is 0 Å². The second-order valence-corrected chi connectivity index (χ2v) is 9.10. The van der Waals surface area contributed by atoms with E-state index in [-0.39, 0.29) is 11.4 Å². The Labute approximate surface area is 147 Å². The van der Waals surface area contributed by atoms with Crippen molar-refractivity contribution in [2.75, 3.05) is 6.54 Å². The van der Waals surface area contributed by atoms with E-state index in [2.05, 4.69) is 4.90 Å². The predicted octanol–water partition coefficient (Wildman–Crippen LogP) is 3.48. The smallest absolute Gasteiger partial charge is 0.274 e. The van der Waals surface area contributed by atoms with Gasteiger partial charge in [-0.3, -0.25) is 14.9 Å². The molecule has 4 saturated carbocycles. The van der Waals surface area contributed by atoms with Crippen LogP contribution in [0.25, 0.3) is 0 Å². The van der Waals surface area contributed by atoms with E-state index in [4.69, 9.17) is 5.21 Å². The standard InChI is InChI=1S/C20H25FN2O2/c21-18-5-15(19(24)22-25)4-16-9-23(10-17(16)18)11-20-6-12-1-13(7-20)3-14(2-12)8-20/h4-5,12-14,25H,1-3,6-11H2,(H,22,24). The quantitative estimate of drug-likeness (QED) is 0.652. The minimum Gasteiger partial charge on any atom is -0.294 e. The van der Waals surface area contributed by atoms with E-state index < -0.39 is 5.91 Å². The SMILES string of the molecule is O=C(NO)c1cc(F)c2c(c1)CN(CC13CC4CC(CC(C4)C1)C3)C2. The van der Waals surface area contributed by atoms with Crippen molar-refractivity contribution in [2.45, 2.75) is 51.6 Å². The van der Waals surface area contributed by atoms with Crippen LogP contribution < -0.4 is 5.48 Å². The van der Waals surface area contributed by atoms with Gasteiger partial charge in [-0.1, -0.05) is 0 Å². The molecule has 1 heterocycles. The predicted molar refractivity (Wildman–Crippen MR) is 90.4 cm³/mol. The van der Waals surface area contributed by atoms with Gasteiger partial charge in [-0.25, -0.2) is 9.87 Å². The number of hydrogen-bond donors (Lipinski definition) is 2. The van der Waals surface area contributed by atoms with E-state index >= 15 is 0 Å². The van der Waals surface area contributed by atoms with Gasteiger partial charge in [0.15, 0.2) is 0 Å². The number of carbonyl (C=O) groups excluding carboxylic acids is 1. The summed E-state index contributed by atoms with van der Waals surface area (Å²) in [7, 11) is 0. The molecule has 5 aliphatic rings. The van der Waals surface area contributed by atoms with Crippen molar-refractivity contribution in [2.24, 2.45) is 23.2 Å². The van der Waals surface area contributed by atoms with Gasteiger partial charge in [0.2, 0.25) is 0 Å². The third-order valence-corrected chi connectivity index (χ3v) is 7.15. The minimum atomic E-state index is -0.652. The Balaban J connectivity index is 1.35. The average molecular weight is 344 g/mol. The highest BCUT2D eigenvalue weighted by molar-refractivity contribution is 5.93. The number of nitrogens with zero attached hydrogens (tertiary/aromatic N) is 1. The van der Waals surface area contributed by atoms with Crippen LogP contribution in [0.5, 0.6) is 0 Å². The Hall–Kier alpha value is -1.46. The normalized spacial score (nSPS) is 35.8. The van der Waals surface area contributed by atoms with Gasteiger partial charge < -0.3 is 0 Å². The second-order valence-electron chi connectivity index (χ2n) is 9.10. The van der Waals surface area contributed by atoms with Gasteiger partial charge in [-0.05, 0) is 79.4 Å². The topological polar surface area (TPSA) is 52.6 Å². The second kappa shape index (κ2) is 5.52. The number of hydrogen-bond acceptors (Lipinski definition) is 3. The Bertz CT molecular complexity index is 697. The van der Waals surface area contributed by atoms with Crippen molar-refractivity contribution in [1.29, 1.82) is 0 Å². The van der Waals surface area contributed by atoms with Crippen LogP contribution >= 0.6 is 0 Å². The molecule has 0 saturated heterocycles. The molecule has 0 radical (unpaired) electrons. The van der Waals surface area contributed by atoms with Gasteiger partial charge in [-0.2, -0.15) is 0 Å². The van der Waals surface area contributed by atoms with Crippen LogP contribution in [0.1, 0.15) is 60.0 Å². The maximum absolute atomic E-state index is 14.4. The summed E-state index contributed by atoms with van der Waals surface area (Å²) in [6.45, 7) is 2.41. The van der Waals surface area contributed by atoms with Gasteiger partial charge in [0.25, 0.3) is 5.91 Å². The molecule has 134 valence electrons. The third kappa shape index (κ3) is 2.59. The van der Waals surface area contributed by atoms with E-state index in [9.17, 15) is 9.18 Å². The van der Waals surface area contributed by atoms with Crippen LogP contribution in [0.4, 0.5) is 4.39 Å². The highest BCUT2D eigenvalue weighted by Gasteiger charge is 2.51. The van der Waals surface area contributed by atoms with Crippen LogP contribution in [0.3, 0.4) is 0 Å². The molecule has 5 heteroatoms. The third-order valence-electron chi connectivity index (χ3n) is 7.15. The lowest BCUT2D eigenvalue weighted by molar-refractivity contribution is -0.0699. The van der Waals surface area contributed by atoms with Crippen molar-refractivity contribution >= 4 is 5.91 Å². The van der Waals surface area contributed by atoms with Crippen LogP contribution in [0.15, 0.2) is 12.1 Å². The highest BCUT2D eigenvalue weighted by atomic mass is 19.1. The van der Waals surface area contributed by atoms with Crippen molar-refractivity contribution in [1.82, 2.24) is 10.4 Å². The zero-order chi connectivity index (χ0) is 17.2. The summed E-state index contributed by atoms with van der Waals surface area (Å²) in [6, 6.07) is 2.96. The van der Waals surface area contributed by atoms with Crippen molar-refractivity contribution in [3.63, 3.8) is 0 Å². The minimum absolute atomic E-state index is 0.190. The van der Waals surface area contributed by atoms with E-state index in [1.54, 1.807) is 11.5 Å². The molecule has 4 nitrogen and oxygen atoms in total. The number of benzene rings is 1. The zero-order valence-electron chi connectivity index (χ0n) is 14.4. The summed E-state index contributed by atoms with van der Waals surface area (Å²) in [6.07, 6.45) is 8.38. The van der Waals surface area contributed by atoms with Crippen LogP contribution in [-0.4, -0.2) is 22.6 Å². The molecule has 2 N–H and O–H groups in total. The molecule has 0 atom stereocenters. The van der Waals surface area contributed by atoms with Gasteiger partial charge in [0, 0.05) is 30.8 Å². The molecule has 1 aromatic rings. The summed E-state index contributed by atoms with van der Waals surface area (Å²) in [5.74, 6) is 1.79. The van der Waals surface area contributed by atoms with Gasteiger partial charge in [0.05, 0.1) is 0 Å². The molecule has 0 aromatic heterocycles. The summed E-state index contributed by atoms with van der Waals surface area (Å²) in [5.41, 5.74) is 3.84. The van der Waals surface area contributed by atoms with Gasteiger partial charge in [0.1, 0.15) is 5.82 Å². The Kier molecular flexibility index (Phi) is 3.48. The lowest BCUT2D eigenvalue weighted by Gasteiger charge is -2.57. The highest BCUT2D eigenvalue weighted by Crippen LogP contribution is 2.60. The first-order valence-corrected chi connectivity index (χ1v) is 9.52. The monoisotopic (exact) mass is 344 g/mol. The number of amides is 1. The summed E-state index contributed by atoms with van der Waals surface area (Å²) >= 11 is 0. The Morgan fingerprint density at radius 3 is 2.40 bits per heavy atom. The molecule has 1 aliphatic heterocycles. The van der Waals surface area contributed by atoms with Crippen LogP contribution in [0, 0.1) is 29.0 Å². The van der Waals surface area contributed by atoms with E-state index in [0.29, 0.717) is 18.5 Å². The molecule has 25 heavy (non-hydrogen) atoms. The number of halogens is 1. The van der Waals surface area contributed by atoms with E-state index in [1.807, 2.05) is 0 Å². The molecule has 4 fully saturated rings. The first-order chi connectivity index (χ1) is 12.0. The van der Waals surface area contributed by atoms with Gasteiger partial charge >= 0.3 is 0 Å². The van der Waals surface area contributed by atoms with Gasteiger partial charge in [-0.15, -0.1) is 0 Å². The molecule has 0 unspecified atom stereocenters. The molecule has 4 aliphatic carbocycles. The number of hydroxylamine groups is 1. The van der Waals surface area contributed by atoms with Crippen LogP contribution in [-0.2, 0) is 13.1 Å². The molecule has 1 aromatic carbocycles. The zero-order valence-corrected chi connectivity index (χ0v) is 14.4. The summed E-state index contributed by atoms with van der Waals surface area (Å²) in [4.78, 5) is 14.0. The number of rotatable bonds is 3. The van der Waals surface area contributed by atoms with E-state index in [1.165, 1.54) is 44.6 Å². The first kappa shape index (κ1) is 15.8. The Morgan fingerprint density at radius 2 is 1.80 bits per heavy atom. The molecule has 1 amide bonds. The lowest BCUT2D eigenvalue weighted by atomic mass is 9.49. The number of fused-ring (bicyclic) bond motifs is 1. The van der Waals surface area contributed by atoms with Crippen molar-refractivity contribution in [3.8, 4) is 0 Å². The maximum Gasteiger partial charge on any atom is 0.274 e. The fourth-order valence-electron chi connectivity index (χ4n) is 6.80. The number of nitrogens with one attached hydrogen (secondary N) is 1. The molecule has 6 rings (SSSR count). The number of carbonyl (C=O) groups is 1. The molecule has 0 spiro atoms. The average Bonchev–Trinajstić information content (AvgIpc) is 2.95. The summed E-state index contributed by atoms with van der Waals surface area (Å²) < 4.78 is 14.4. The largest absolute Gasteiger partial charge is 0.294 e. The molecular weight excluding hydrogens is 319 g/mol. The molecular formula is C20H25FN2O2. The van der Waals surface area contributed by atoms with Crippen molar-refractivity contribution < 1.29 is 14.4 Å². The lowest BCUT2D eigenvalue weighted by Crippen LogP contribution is -2.50. The fourth-order valence-corrected chi connectivity index (χ4v) is 6.80. The molecule has 4 bridgehead atoms. The van der Waals surface area contributed by atoms with E-state index in [0.717, 1.165) is 35.4 Å². The fraction of sp³-hybridized carbons (Fsp3) is 0.650. The maximum atomic E-state index is 14.4.